The Morgan fingerprint density at radius 1 is 0.892 bits per heavy atom. The SMILES string of the molecule is O=C(CSc1cccc(NC(=O)/C(=C/c2ccsc2)NC(=O)c2ccccc2)c1)Nc1ccccc1Br. The van der Waals surface area contributed by atoms with E-state index in [-0.39, 0.29) is 23.3 Å². The van der Waals surface area contributed by atoms with Gasteiger partial charge in [0.15, 0.2) is 0 Å². The number of carbonyl (C=O) groups is 3. The zero-order valence-electron chi connectivity index (χ0n) is 19.4. The summed E-state index contributed by atoms with van der Waals surface area (Å²) in [6.45, 7) is 0. The largest absolute Gasteiger partial charge is 0.324 e. The van der Waals surface area contributed by atoms with Gasteiger partial charge in [0.05, 0.1) is 11.4 Å². The van der Waals surface area contributed by atoms with Crippen molar-refractivity contribution in [2.75, 3.05) is 16.4 Å². The summed E-state index contributed by atoms with van der Waals surface area (Å²) in [4.78, 5) is 39.1. The van der Waals surface area contributed by atoms with Crippen LogP contribution in [0.2, 0.25) is 0 Å². The van der Waals surface area contributed by atoms with Gasteiger partial charge in [0.2, 0.25) is 5.91 Å². The van der Waals surface area contributed by atoms with E-state index < -0.39 is 5.91 Å². The molecule has 3 aromatic carbocycles. The maximum atomic E-state index is 13.2. The molecule has 0 bridgehead atoms. The molecule has 3 N–H and O–H groups in total. The second-order valence-electron chi connectivity index (χ2n) is 7.73. The lowest BCUT2D eigenvalue weighted by molar-refractivity contribution is -0.114. The highest BCUT2D eigenvalue weighted by molar-refractivity contribution is 9.10. The van der Waals surface area contributed by atoms with Crippen LogP contribution in [0.25, 0.3) is 6.08 Å². The first-order chi connectivity index (χ1) is 18.0. The van der Waals surface area contributed by atoms with Crippen LogP contribution in [0.3, 0.4) is 0 Å². The number of carbonyl (C=O) groups excluding carboxylic acids is 3. The van der Waals surface area contributed by atoms with Gasteiger partial charge in [0.25, 0.3) is 11.8 Å². The molecule has 186 valence electrons. The van der Waals surface area contributed by atoms with Gasteiger partial charge in [-0.2, -0.15) is 11.3 Å². The average molecular weight is 593 g/mol. The molecular formula is C28H22BrN3O3S2. The summed E-state index contributed by atoms with van der Waals surface area (Å²) in [7, 11) is 0. The first-order valence-corrected chi connectivity index (χ1v) is 13.9. The maximum absolute atomic E-state index is 13.2. The molecule has 0 atom stereocenters. The number of benzene rings is 3. The van der Waals surface area contributed by atoms with E-state index in [0.717, 1.165) is 14.9 Å². The number of rotatable bonds is 9. The molecule has 0 aliphatic carbocycles. The van der Waals surface area contributed by atoms with E-state index >= 15 is 0 Å². The minimum atomic E-state index is -0.454. The average Bonchev–Trinajstić information content (AvgIpc) is 3.42. The summed E-state index contributed by atoms with van der Waals surface area (Å²) in [5, 5.41) is 12.2. The lowest BCUT2D eigenvalue weighted by atomic mass is 10.2. The molecule has 0 aliphatic heterocycles. The van der Waals surface area contributed by atoms with Crippen LogP contribution < -0.4 is 16.0 Å². The van der Waals surface area contributed by atoms with Gasteiger partial charge in [-0.15, -0.1) is 11.8 Å². The van der Waals surface area contributed by atoms with Gasteiger partial charge in [0.1, 0.15) is 5.70 Å². The summed E-state index contributed by atoms with van der Waals surface area (Å²) in [5.41, 5.74) is 2.63. The van der Waals surface area contributed by atoms with Crippen molar-refractivity contribution in [1.29, 1.82) is 0 Å². The van der Waals surface area contributed by atoms with Gasteiger partial charge >= 0.3 is 0 Å². The number of thioether (sulfide) groups is 1. The van der Waals surface area contributed by atoms with E-state index in [9.17, 15) is 14.4 Å². The highest BCUT2D eigenvalue weighted by atomic mass is 79.9. The maximum Gasteiger partial charge on any atom is 0.272 e. The van der Waals surface area contributed by atoms with Crippen molar-refractivity contribution in [3.63, 3.8) is 0 Å². The Bertz CT molecular complexity index is 1420. The number of para-hydroxylation sites is 1. The Hall–Kier alpha value is -3.66. The second kappa shape index (κ2) is 13.0. The van der Waals surface area contributed by atoms with Crippen LogP contribution in [0.15, 0.2) is 111 Å². The normalized spacial score (nSPS) is 11.0. The first-order valence-electron chi connectivity index (χ1n) is 11.2. The number of hydrogen-bond donors (Lipinski definition) is 3. The Morgan fingerprint density at radius 3 is 2.43 bits per heavy atom. The topological polar surface area (TPSA) is 87.3 Å². The lowest BCUT2D eigenvalue weighted by Crippen LogP contribution is -2.30. The van der Waals surface area contributed by atoms with Crippen molar-refractivity contribution in [3.05, 3.63) is 117 Å². The molecule has 3 amide bonds. The van der Waals surface area contributed by atoms with Crippen LogP contribution in [0.4, 0.5) is 11.4 Å². The van der Waals surface area contributed by atoms with Crippen LogP contribution in [0.5, 0.6) is 0 Å². The molecule has 9 heteroatoms. The van der Waals surface area contributed by atoms with Crippen molar-refractivity contribution in [2.45, 2.75) is 4.90 Å². The molecule has 0 aliphatic rings. The third kappa shape index (κ3) is 7.91. The third-order valence-electron chi connectivity index (χ3n) is 4.99. The minimum Gasteiger partial charge on any atom is -0.324 e. The van der Waals surface area contributed by atoms with Crippen molar-refractivity contribution in [1.82, 2.24) is 5.32 Å². The molecule has 0 unspecified atom stereocenters. The molecule has 0 spiro atoms. The number of thiophene rings is 1. The Kier molecular flexibility index (Phi) is 9.31. The molecule has 0 radical (unpaired) electrons. The highest BCUT2D eigenvalue weighted by Crippen LogP contribution is 2.24. The standard InChI is InChI=1S/C28H22BrN3O3S2/c29-23-11-4-5-12-24(23)31-26(33)18-37-22-10-6-9-21(16-22)30-28(35)25(15-19-13-14-36-17-19)32-27(34)20-7-2-1-3-8-20/h1-17H,18H2,(H,30,35)(H,31,33)(H,32,34)/b25-15-. The fourth-order valence-corrected chi connectivity index (χ4v) is 4.98. The Morgan fingerprint density at radius 2 is 1.68 bits per heavy atom. The Balaban J connectivity index is 1.42. The predicted octanol–water partition coefficient (Wildman–Crippen LogP) is 6.65. The van der Waals surface area contributed by atoms with Gasteiger partial charge in [-0.3, -0.25) is 14.4 Å². The van der Waals surface area contributed by atoms with E-state index in [0.29, 0.717) is 16.9 Å². The summed E-state index contributed by atoms with van der Waals surface area (Å²) < 4.78 is 0.809. The van der Waals surface area contributed by atoms with Gasteiger partial charge < -0.3 is 16.0 Å². The number of hydrogen-bond acceptors (Lipinski definition) is 5. The van der Waals surface area contributed by atoms with Gasteiger partial charge in [-0.1, -0.05) is 36.4 Å². The summed E-state index contributed by atoms with van der Waals surface area (Å²) in [5.74, 6) is -0.771. The first kappa shape index (κ1) is 26.4. The fourth-order valence-electron chi connectivity index (χ4n) is 3.23. The van der Waals surface area contributed by atoms with Crippen LogP contribution in [-0.4, -0.2) is 23.5 Å². The van der Waals surface area contributed by atoms with Crippen molar-refractivity contribution in [2.24, 2.45) is 0 Å². The fraction of sp³-hybridized carbons (Fsp3) is 0.0357. The van der Waals surface area contributed by atoms with Crippen LogP contribution in [0, 0.1) is 0 Å². The van der Waals surface area contributed by atoms with Crippen molar-refractivity contribution in [3.8, 4) is 0 Å². The monoisotopic (exact) mass is 591 g/mol. The zero-order chi connectivity index (χ0) is 26.0. The van der Waals surface area contributed by atoms with E-state index in [4.69, 9.17) is 0 Å². The quantitative estimate of drug-likeness (QED) is 0.150. The molecule has 0 saturated carbocycles. The van der Waals surface area contributed by atoms with Crippen LogP contribution >= 0.6 is 39.0 Å². The summed E-state index contributed by atoms with van der Waals surface area (Å²) in [6.07, 6.45) is 1.64. The molecule has 4 rings (SSSR count). The number of amides is 3. The van der Waals surface area contributed by atoms with E-state index in [2.05, 4.69) is 31.9 Å². The molecule has 0 fully saturated rings. The zero-order valence-corrected chi connectivity index (χ0v) is 22.7. The predicted molar refractivity (Wildman–Crippen MR) is 155 cm³/mol. The smallest absolute Gasteiger partial charge is 0.272 e. The molecule has 4 aromatic rings. The van der Waals surface area contributed by atoms with Crippen molar-refractivity contribution < 1.29 is 14.4 Å². The number of halogens is 1. The van der Waals surface area contributed by atoms with E-state index in [1.807, 2.05) is 53.2 Å². The Labute approximate surface area is 231 Å². The molecule has 37 heavy (non-hydrogen) atoms. The minimum absolute atomic E-state index is 0.123. The van der Waals surface area contributed by atoms with Gasteiger partial charge in [-0.05, 0) is 86.9 Å². The lowest BCUT2D eigenvalue weighted by Gasteiger charge is -2.12. The summed E-state index contributed by atoms with van der Waals surface area (Å²) >= 11 is 6.27. The number of anilines is 2. The third-order valence-corrected chi connectivity index (χ3v) is 7.38. The molecule has 6 nitrogen and oxygen atoms in total. The van der Waals surface area contributed by atoms with Crippen LogP contribution in [0.1, 0.15) is 15.9 Å². The highest BCUT2D eigenvalue weighted by Gasteiger charge is 2.15. The second-order valence-corrected chi connectivity index (χ2v) is 10.4. The van der Waals surface area contributed by atoms with E-state index in [1.54, 1.807) is 48.5 Å². The van der Waals surface area contributed by atoms with E-state index in [1.165, 1.54) is 23.1 Å². The molecule has 1 aromatic heterocycles. The van der Waals surface area contributed by atoms with Gasteiger partial charge in [0, 0.05) is 20.6 Å². The molecular weight excluding hydrogens is 570 g/mol. The van der Waals surface area contributed by atoms with Crippen LogP contribution in [-0.2, 0) is 9.59 Å². The molecule has 1 heterocycles. The number of nitrogens with one attached hydrogen (secondary N) is 3. The van der Waals surface area contributed by atoms with Gasteiger partial charge in [-0.25, -0.2) is 0 Å². The van der Waals surface area contributed by atoms with Crippen molar-refractivity contribution >= 4 is 74.2 Å². The molecule has 0 saturated heterocycles. The summed E-state index contributed by atoms with van der Waals surface area (Å²) in [6, 6.07) is 25.2.